The number of pyridine rings is 1. The third kappa shape index (κ3) is 3.87. The predicted molar refractivity (Wildman–Crippen MR) is 87.1 cm³/mol. The van der Waals surface area contributed by atoms with Gasteiger partial charge >= 0.3 is 0 Å². The summed E-state index contributed by atoms with van der Waals surface area (Å²) >= 11 is 0. The van der Waals surface area contributed by atoms with Gasteiger partial charge in [0.2, 0.25) is 0 Å². The van der Waals surface area contributed by atoms with Gasteiger partial charge in [0.05, 0.1) is 5.69 Å². The summed E-state index contributed by atoms with van der Waals surface area (Å²) in [4.78, 5) is 16.4. The lowest BCUT2D eigenvalue weighted by Gasteiger charge is -2.21. The molecular formula is C18H20N2O3. The molecule has 120 valence electrons. The zero-order valence-corrected chi connectivity index (χ0v) is 12.9. The number of amides is 1. The van der Waals surface area contributed by atoms with Gasteiger partial charge in [-0.1, -0.05) is 12.1 Å². The van der Waals surface area contributed by atoms with E-state index in [1.54, 1.807) is 18.3 Å². The van der Waals surface area contributed by atoms with Gasteiger partial charge in [-0.3, -0.25) is 9.78 Å². The van der Waals surface area contributed by atoms with Crippen molar-refractivity contribution < 1.29 is 14.6 Å². The molecule has 1 aromatic heterocycles. The average Bonchev–Trinajstić information content (AvgIpc) is 3.02. The molecule has 3 rings (SSSR count). The van der Waals surface area contributed by atoms with Crippen molar-refractivity contribution in [3.63, 3.8) is 0 Å². The van der Waals surface area contributed by atoms with Gasteiger partial charge in [-0.05, 0) is 49.9 Å². The fourth-order valence-electron chi connectivity index (χ4n) is 2.74. The maximum Gasteiger partial charge on any atom is 0.256 e. The highest BCUT2D eigenvalue weighted by atomic mass is 16.5. The summed E-state index contributed by atoms with van der Waals surface area (Å²) in [7, 11) is 0. The van der Waals surface area contributed by atoms with Crippen molar-refractivity contribution >= 4 is 11.6 Å². The number of nitrogens with one attached hydrogen (secondary N) is 1. The Balaban J connectivity index is 1.62. The molecule has 1 aromatic carbocycles. The molecule has 0 unspecified atom stereocenters. The maximum absolute atomic E-state index is 12.2. The van der Waals surface area contributed by atoms with Crippen LogP contribution in [0, 0.1) is 0 Å². The third-order valence-electron chi connectivity index (χ3n) is 4.06. The van der Waals surface area contributed by atoms with Gasteiger partial charge in [0.15, 0.2) is 0 Å². The first-order valence-corrected chi connectivity index (χ1v) is 7.82. The van der Waals surface area contributed by atoms with Crippen molar-refractivity contribution in [2.24, 2.45) is 0 Å². The highest BCUT2D eigenvalue weighted by molar-refractivity contribution is 5.97. The molecule has 1 fully saturated rings. The number of benzene rings is 1. The van der Waals surface area contributed by atoms with E-state index >= 15 is 0 Å². The molecule has 2 N–H and O–H groups in total. The first-order chi connectivity index (χ1) is 11.2. The Kier molecular flexibility index (Phi) is 4.57. The minimum absolute atomic E-state index is 0.336. The van der Waals surface area contributed by atoms with Gasteiger partial charge in [-0.25, -0.2) is 0 Å². The molecular weight excluding hydrogens is 292 g/mol. The molecule has 1 amide bonds. The molecule has 2 aromatic rings. The summed E-state index contributed by atoms with van der Waals surface area (Å²) in [5.41, 5.74) is 0.223. The number of ether oxygens (including phenoxy) is 1. The zero-order chi connectivity index (χ0) is 16.1. The molecule has 0 bridgehead atoms. The Morgan fingerprint density at radius 2 is 2.04 bits per heavy atom. The van der Waals surface area contributed by atoms with E-state index in [1.165, 1.54) is 0 Å². The lowest BCUT2D eigenvalue weighted by atomic mass is 10.0. The van der Waals surface area contributed by atoms with Crippen molar-refractivity contribution in [1.82, 2.24) is 4.98 Å². The summed E-state index contributed by atoms with van der Waals surface area (Å²) in [5, 5.41) is 13.1. The molecule has 1 saturated carbocycles. The van der Waals surface area contributed by atoms with Crippen LogP contribution < -0.4 is 10.1 Å². The predicted octanol–water partition coefficient (Wildman–Crippen LogP) is 2.90. The molecule has 0 spiro atoms. The monoisotopic (exact) mass is 312 g/mol. The van der Waals surface area contributed by atoms with E-state index in [4.69, 9.17) is 4.74 Å². The Morgan fingerprint density at radius 3 is 2.78 bits per heavy atom. The largest absolute Gasteiger partial charge is 0.487 e. The van der Waals surface area contributed by atoms with Crippen LogP contribution in [-0.4, -0.2) is 21.6 Å². The smallest absolute Gasteiger partial charge is 0.256 e. The van der Waals surface area contributed by atoms with Crippen molar-refractivity contribution in [3.8, 4) is 5.75 Å². The third-order valence-corrected chi connectivity index (χ3v) is 4.06. The number of hydrogen-bond acceptors (Lipinski definition) is 4. The summed E-state index contributed by atoms with van der Waals surface area (Å²) in [6.07, 6.45) is 4.54. The van der Waals surface area contributed by atoms with Gasteiger partial charge < -0.3 is 15.2 Å². The normalized spacial score (nSPS) is 16.0. The minimum atomic E-state index is -1.23. The lowest BCUT2D eigenvalue weighted by molar-refractivity contribution is -0.133. The van der Waals surface area contributed by atoms with Gasteiger partial charge in [0.25, 0.3) is 5.91 Å². The number of aliphatic hydroxyl groups is 1. The topological polar surface area (TPSA) is 71.5 Å². The van der Waals surface area contributed by atoms with Crippen LogP contribution in [0.2, 0.25) is 0 Å². The highest BCUT2D eigenvalue weighted by Crippen LogP contribution is 2.31. The summed E-state index contributed by atoms with van der Waals surface area (Å²) in [5.74, 6) is 0.309. The molecule has 1 aliphatic carbocycles. The number of nitrogens with zero attached hydrogens (tertiary/aromatic N) is 1. The van der Waals surface area contributed by atoms with Crippen molar-refractivity contribution in [2.75, 3.05) is 5.32 Å². The number of rotatable bonds is 5. The van der Waals surface area contributed by atoms with E-state index in [9.17, 15) is 9.90 Å². The molecule has 0 radical (unpaired) electrons. The maximum atomic E-state index is 12.2. The van der Waals surface area contributed by atoms with Crippen LogP contribution in [0.4, 0.5) is 5.69 Å². The van der Waals surface area contributed by atoms with Crippen molar-refractivity contribution in [2.45, 2.75) is 37.9 Å². The van der Waals surface area contributed by atoms with Gasteiger partial charge in [0.1, 0.15) is 18.0 Å². The lowest BCUT2D eigenvalue weighted by Crippen LogP contribution is -2.40. The van der Waals surface area contributed by atoms with E-state index in [0.29, 0.717) is 30.9 Å². The quantitative estimate of drug-likeness (QED) is 0.890. The minimum Gasteiger partial charge on any atom is -0.487 e. The molecule has 5 nitrogen and oxygen atoms in total. The second kappa shape index (κ2) is 6.79. The van der Waals surface area contributed by atoms with Crippen LogP contribution in [0.25, 0.3) is 0 Å². The van der Waals surface area contributed by atoms with Crippen LogP contribution in [-0.2, 0) is 11.4 Å². The molecule has 1 aliphatic rings. The first kappa shape index (κ1) is 15.5. The Bertz CT molecular complexity index is 667. The summed E-state index contributed by atoms with van der Waals surface area (Å²) in [6.45, 7) is 0.363. The molecule has 1 heterocycles. The first-order valence-electron chi connectivity index (χ1n) is 7.82. The van der Waals surface area contributed by atoms with E-state index < -0.39 is 5.60 Å². The number of carbonyl (C=O) groups is 1. The van der Waals surface area contributed by atoms with Crippen LogP contribution in [0.5, 0.6) is 5.75 Å². The molecule has 23 heavy (non-hydrogen) atoms. The van der Waals surface area contributed by atoms with Crippen molar-refractivity contribution in [1.29, 1.82) is 0 Å². The standard InChI is InChI=1S/C18H20N2O3/c21-17(18(22)9-2-3-10-18)20-14-7-5-8-16(12-14)23-13-15-6-1-4-11-19-15/h1,4-8,11-12,22H,2-3,9-10,13H2,(H,20,21). The van der Waals surface area contributed by atoms with Crippen molar-refractivity contribution in [3.05, 3.63) is 54.4 Å². The van der Waals surface area contributed by atoms with Gasteiger partial charge in [-0.15, -0.1) is 0 Å². The second-order valence-corrected chi connectivity index (χ2v) is 5.83. The number of anilines is 1. The molecule has 0 atom stereocenters. The van der Waals surface area contributed by atoms with Crippen LogP contribution in [0.3, 0.4) is 0 Å². The van der Waals surface area contributed by atoms with Gasteiger partial charge in [-0.2, -0.15) is 0 Å². The SMILES string of the molecule is O=C(Nc1cccc(OCc2ccccn2)c1)C1(O)CCCC1. The highest BCUT2D eigenvalue weighted by Gasteiger charge is 2.38. The number of hydrogen-bond donors (Lipinski definition) is 2. The Labute approximate surface area is 135 Å². The van der Waals surface area contributed by atoms with Crippen LogP contribution >= 0.6 is 0 Å². The Morgan fingerprint density at radius 1 is 1.22 bits per heavy atom. The zero-order valence-electron chi connectivity index (χ0n) is 12.9. The van der Waals surface area contributed by atoms with Crippen LogP contribution in [0.1, 0.15) is 31.4 Å². The average molecular weight is 312 g/mol. The summed E-state index contributed by atoms with van der Waals surface area (Å²) < 4.78 is 5.69. The number of aromatic nitrogens is 1. The van der Waals surface area contributed by atoms with E-state index in [1.807, 2.05) is 30.3 Å². The molecule has 0 saturated heterocycles. The molecule has 0 aliphatic heterocycles. The van der Waals surface area contributed by atoms with E-state index in [0.717, 1.165) is 18.5 Å². The summed E-state index contributed by atoms with van der Waals surface area (Å²) in [6, 6.07) is 12.8. The van der Waals surface area contributed by atoms with Crippen LogP contribution in [0.15, 0.2) is 48.7 Å². The molecule has 5 heteroatoms. The Hall–Kier alpha value is -2.40. The fourth-order valence-corrected chi connectivity index (χ4v) is 2.74. The van der Waals surface area contributed by atoms with E-state index in [-0.39, 0.29) is 5.91 Å². The van der Waals surface area contributed by atoms with Gasteiger partial charge in [0, 0.05) is 18.0 Å². The fraction of sp³-hybridized carbons (Fsp3) is 0.333. The van der Waals surface area contributed by atoms with E-state index in [2.05, 4.69) is 10.3 Å². The number of carbonyl (C=O) groups excluding carboxylic acids is 1. The second-order valence-electron chi connectivity index (χ2n) is 5.83.